The van der Waals surface area contributed by atoms with E-state index in [0.717, 1.165) is 49.6 Å². The maximum Gasteiger partial charge on any atom is 0.330 e. The van der Waals surface area contributed by atoms with Gasteiger partial charge in [0.2, 0.25) is 11.8 Å². The molecular weight excluding hydrogens is 545 g/mol. The van der Waals surface area contributed by atoms with Crippen molar-refractivity contribution < 1.29 is 41.3 Å². The molecular formula is C24H44N2O9Si3. The van der Waals surface area contributed by atoms with Gasteiger partial charge in [0.25, 0.3) is 0 Å². The highest BCUT2D eigenvalue weighted by Crippen LogP contribution is 2.32. The number of ether oxygens (including phenoxy) is 2. The van der Waals surface area contributed by atoms with Gasteiger partial charge in [0.1, 0.15) is 0 Å². The fourth-order valence-corrected chi connectivity index (χ4v) is 18.5. The van der Waals surface area contributed by atoms with E-state index in [1.165, 1.54) is 20.3 Å². The minimum absolute atomic E-state index is 0.343. The third-order valence-electron chi connectivity index (χ3n) is 5.91. The third kappa shape index (κ3) is 14.7. The maximum absolute atomic E-state index is 11.9. The Morgan fingerprint density at radius 1 is 0.763 bits per heavy atom. The zero-order chi connectivity index (χ0) is 28.7. The first kappa shape index (κ1) is 33.9. The van der Waals surface area contributed by atoms with Crippen LogP contribution in [0, 0.1) is 0 Å². The van der Waals surface area contributed by atoms with Crippen LogP contribution in [0.1, 0.15) is 25.7 Å². The number of nitrogens with one attached hydrogen (secondary N) is 2. The van der Waals surface area contributed by atoms with Crippen molar-refractivity contribution in [2.75, 3.05) is 33.9 Å². The third-order valence-corrected chi connectivity index (χ3v) is 18.3. The van der Waals surface area contributed by atoms with Crippen LogP contribution in [0.2, 0.25) is 44.3 Å². The molecule has 0 bridgehead atoms. The van der Waals surface area contributed by atoms with Crippen molar-refractivity contribution in [1.29, 1.82) is 0 Å². The van der Waals surface area contributed by atoms with Crippen molar-refractivity contribution >= 4 is 49.2 Å². The first-order chi connectivity index (χ1) is 17.8. The summed E-state index contributed by atoms with van der Waals surface area (Å²) in [5.74, 6) is -1.87. The van der Waals surface area contributed by atoms with E-state index in [-0.39, 0.29) is 11.8 Å². The summed E-state index contributed by atoms with van der Waals surface area (Å²) in [6.07, 6.45) is 7.87. The predicted molar refractivity (Wildman–Crippen MR) is 150 cm³/mol. The van der Waals surface area contributed by atoms with Crippen LogP contribution < -0.4 is 10.6 Å². The average molecular weight is 589 g/mol. The summed E-state index contributed by atoms with van der Waals surface area (Å²) in [4.78, 5) is 46.2. The molecule has 0 saturated carbocycles. The van der Waals surface area contributed by atoms with Gasteiger partial charge in [-0.25, -0.2) is 9.59 Å². The Bertz CT molecular complexity index is 869. The molecule has 0 aromatic carbocycles. The lowest BCUT2D eigenvalue weighted by Gasteiger charge is -2.42. The molecule has 11 nitrogen and oxygen atoms in total. The van der Waals surface area contributed by atoms with Crippen molar-refractivity contribution in [2.24, 2.45) is 0 Å². The van der Waals surface area contributed by atoms with Gasteiger partial charge < -0.3 is 32.8 Å². The monoisotopic (exact) mass is 588 g/mol. The standard InChI is InChI=1S/C24H44N2O9Si3/c1-31-23(29)13-11-21(27)25-15-9-19-37(5)18-8-7-17-33-36(3,4)34-38(6,35-37)20-10-16-26-22(28)12-14-24(30)32-2/h11-14H,7-10,15-20H2,1-6H3,(H,25,27)(H,26,28)/b13-11-,14-12+. The van der Waals surface area contributed by atoms with Crippen molar-refractivity contribution in [3.8, 4) is 0 Å². The second kappa shape index (κ2) is 16.8. The molecule has 0 aromatic heterocycles. The fraction of sp³-hybridized carbons (Fsp3) is 0.667. The molecule has 216 valence electrons. The van der Waals surface area contributed by atoms with E-state index in [9.17, 15) is 19.2 Å². The topological polar surface area (TPSA) is 138 Å². The maximum atomic E-state index is 11.9. The highest BCUT2D eigenvalue weighted by atomic mass is 28.5. The highest BCUT2D eigenvalue weighted by molar-refractivity contribution is 6.87. The molecule has 1 heterocycles. The molecule has 2 unspecified atom stereocenters. The van der Waals surface area contributed by atoms with Crippen molar-refractivity contribution in [3.63, 3.8) is 0 Å². The normalized spacial score (nSPS) is 24.1. The molecule has 0 aliphatic carbocycles. The Morgan fingerprint density at radius 3 is 1.82 bits per heavy atom. The van der Waals surface area contributed by atoms with Gasteiger partial charge in [0, 0.05) is 44.0 Å². The Labute approximate surface area is 229 Å². The van der Waals surface area contributed by atoms with Crippen molar-refractivity contribution in [3.05, 3.63) is 24.3 Å². The molecule has 1 saturated heterocycles. The summed E-state index contributed by atoms with van der Waals surface area (Å²) in [5.41, 5.74) is 0. The molecule has 2 N–H and O–H groups in total. The lowest BCUT2D eigenvalue weighted by molar-refractivity contribution is -0.135. The van der Waals surface area contributed by atoms with Gasteiger partial charge in [-0.3, -0.25) is 9.59 Å². The van der Waals surface area contributed by atoms with E-state index < -0.39 is 37.4 Å². The van der Waals surface area contributed by atoms with Gasteiger partial charge in [-0.15, -0.1) is 0 Å². The minimum Gasteiger partial charge on any atom is -0.466 e. The minimum atomic E-state index is -2.67. The van der Waals surface area contributed by atoms with Crippen LogP contribution in [0.5, 0.6) is 0 Å². The molecule has 14 heteroatoms. The molecule has 2 atom stereocenters. The molecule has 1 rings (SSSR count). The Kier molecular flexibility index (Phi) is 15.0. The number of carbonyl (C=O) groups excluding carboxylic acids is 4. The quantitative estimate of drug-likeness (QED) is 0.152. The number of hydrogen-bond donors (Lipinski definition) is 2. The largest absolute Gasteiger partial charge is 0.466 e. The van der Waals surface area contributed by atoms with Crippen LogP contribution in [-0.4, -0.2) is 83.1 Å². The molecule has 0 spiro atoms. The SMILES string of the molecule is COC(=O)/C=C\C(=O)NCCC[Si]1(C)CCCCO[Si](C)(C)O[Si](C)(CCCNC(=O)/C=C/C(=O)OC)O1. The zero-order valence-electron chi connectivity index (χ0n) is 23.6. The van der Waals surface area contributed by atoms with Crippen LogP contribution in [0.15, 0.2) is 24.3 Å². The lowest BCUT2D eigenvalue weighted by atomic mass is 10.4. The summed E-state index contributed by atoms with van der Waals surface area (Å²) in [6.45, 7) is 9.96. The molecule has 38 heavy (non-hydrogen) atoms. The van der Waals surface area contributed by atoms with Crippen LogP contribution in [0.25, 0.3) is 0 Å². The molecule has 1 aliphatic heterocycles. The molecule has 2 amide bonds. The molecule has 1 fully saturated rings. The number of carbonyl (C=O) groups is 4. The number of methoxy groups -OCH3 is 2. The molecule has 0 aromatic rings. The van der Waals surface area contributed by atoms with E-state index >= 15 is 0 Å². The first-order valence-electron chi connectivity index (χ1n) is 12.9. The van der Waals surface area contributed by atoms with E-state index in [0.29, 0.717) is 32.2 Å². The predicted octanol–water partition coefficient (Wildman–Crippen LogP) is 2.65. The zero-order valence-corrected chi connectivity index (χ0v) is 26.6. The van der Waals surface area contributed by atoms with E-state index in [4.69, 9.17) is 12.7 Å². The Hall–Kier alpha value is -2.11. The Balaban J connectivity index is 2.77. The average Bonchev–Trinajstić information content (AvgIpc) is 2.85. The van der Waals surface area contributed by atoms with Crippen molar-refractivity contribution in [1.82, 2.24) is 10.6 Å². The number of rotatable bonds is 12. The molecule has 1 aliphatic rings. The van der Waals surface area contributed by atoms with Crippen LogP contribution >= 0.6 is 0 Å². The van der Waals surface area contributed by atoms with E-state index in [2.05, 4.69) is 33.2 Å². The lowest BCUT2D eigenvalue weighted by Crippen LogP contribution is -2.56. The van der Waals surface area contributed by atoms with Crippen LogP contribution in [0.4, 0.5) is 0 Å². The smallest absolute Gasteiger partial charge is 0.330 e. The van der Waals surface area contributed by atoms with Crippen LogP contribution in [-0.2, 0) is 41.3 Å². The fourth-order valence-electron chi connectivity index (χ4n) is 4.18. The highest BCUT2D eigenvalue weighted by Gasteiger charge is 2.45. The Morgan fingerprint density at radius 2 is 1.29 bits per heavy atom. The van der Waals surface area contributed by atoms with E-state index in [1.54, 1.807) is 0 Å². The van der Waals surface area contributed by atoms with Gasteiger partial charge in [0.05, 0.1) is 14.2 Å². The van der Waals surface area contributed by atoms with Gasteiger partial charge in [-0.05, 0) is 63.6 Å². The summed E-state index contributed by atoms with van der Waals surface area (Å²) in [6, 6.07) is 2.51. The van der Waals surface area contributed by atoms with E-state index in [1.807, 2.05) is 13.1 Å². The summed E-state index contributed by atoms with van der Waals surface area (Å²) in [5, 5.41) is 5.58. The molecule has 0 radical (unpaired) electrons. The summed E-state index contributed by atoms with van der Waals surface area (Å²) in [7, 11) is -4.75. The second-order valence-electron chi connectivity index (χ2n) is 10.00. The number of esters is 2. The van der Waals surface area contributed by atoms with Gasteiger partial charge in [0.15, 0.2) is 8.32 Å². The van der Waals surface area contributed by atoms with Crippen molar-refractivity contribution in [2.45, 2.75) is 70.0 Å². The van der Waals surface area contributed by atoms with Gasteiger partial charge in [-0.1, -0.05) is 6.42 Å². The number of amides is 2. The summed E-state index contributed by atoms with van der Waals surface area (Å²) >= 11 is 0. The van der Waals surface area contributed by atoms with Crippen LogP contribution in [0.3, 0.4) is 0 Å². The first-order valence-corrected chi connectivity index (χ1v) is 21.1. The van der Waals surface area contributed by atoms with Gasteiger partial charge >= 0.3 is 29.1 Å². The van der Waals surface area contributed by atoms with Gasteiger partial charge in [-0.2, -0.15) is 0 Å². The second-order valence-corrected chi connectivity index (χ2v) is 21.4. The number of hydrogen-bond acceptors (Lipinski definition) is 9. The summed E-state index contributed by atoms with van der Waals surface area (Å²) < 4.78 is 28.8.